The minimum absolute atomic E-state index is 0.177. The molecule has 1 atom stereocenters. The van der Waals surface area contributed by atoms with Gasteiger partial charge < -0.3 is 5.32 Å². The molecule has 0 saturated heterocycles. The van der Waals surface area contributed by atoms with Crippen molar-refractivity contribution in [2.45, 2.75) is 26.4 Å². The summed E-state index contributed by atoms with van der Waals surface area (Å²) in [6.07, 6.45) is 0. The summed E-state index contributed by atoms with van der Waals surface area (Å²) in [6, 6.07) is 7.49. The van der Waals surface area contributed by atoms with E-state index in [0.29, 0.717) is 6.54 Å². The van der Waals surface area contributed by atoms with E-state index < -0.39 is 0 Å². The lowest BCUT2D eigenvalue weighted by atomic mass is 10.1. The summed E-state index contributed by atoms with van der Waals surface area (Å²) in [4.78, 5) is 11.8. The van der Waals surface area contributed by atoms with E-state index in [1.165, 1.54) is 4.88 Å². The Morgan fingerprint density at radius 2 is 2.25 bits per heavy atom. The quantitative estimate of drug-likeness (QED) is 0.631. The van der Waals surface area contributed by atoms with E-state index in [-0.39, 0.29) is 16.7 Å². The van der Waals surface area contributed by atoms with Crippen LogP contribution in [0.3, 0.4) is 0 Å². The fraction of sp³-hybridized carbons (Fsp3) is 0.286. The Kier molecular flexibility index (Phi) is 4.91. The van der Waals surface area contributed by atoms with E-state index in [2.05, 4.69) is 34.2 Å². The largest absolute Gasteiger partial charge is 0.305 e. The van der Waals surface area contributed by atoms with Gasteiger partial charge in [0.25, 0.3) is 5.69 Å². The Bertz CT molecular complexity index is 627. The molecule has 0 aliphatic rings. The second-order valence-corrected chi connectivity index (χ2v) is 6.45. The van der Waals surface area contributed by atoms with Gasteiger partial charge in [-0.1, -0.05) is 12.1 Å². The van der Waals surface area contributed by atoms with Gasteiger partial charge in [0.1, 0.15) is 0 Å². The van der Waals surface area contributed by atoms with E-state index >= 15 is 0 Å². The molecule has 0 bridgehead atoms. The number of nitro groups is 1. The number of nitro benzene ring substituents is 1. The van der Waals surface area contributed by atoms with Crippen LogP contribution in [-0.4, -0.2) is 4.92 Å². The van der Waals surface area contributed by atoms with E-state index in [0.717, 1.165) is 15.6 Å². The number of nitrogens with one attached hydrogen (secondary N) is 1. The van der Waals surface area contributed by atoms with E-state index in [4.69, 9.17) is 0 Å². The number of benzene rings is 1. The van der Waals surface area contributed by atoms with Crippen LogP contribution >= 0.6 is 27.3 Å². The summed E-state index contributed by atoms with van der Waals surface area (Å²) >= 11 is 5.13. The zero-order valence-electron chi connectivity index (χ0n) is 11.2. The molecule has 4 nitrogen and oxygen atoms in total. The van der Waals surface area contributed by atoms with Crippen LogP contribution in [0.1, 0.15) is 29.0 Å². The average Bonchev–Trinajstić information content (AvgIpc) is 2.83. The lowest BCUT2D eigenvalue weighted by molar-refractivity contribution is -0.385. The molecule has 0 saturated carbocycles. The predicted molar refractivity (Wildman–Crippen MR) is 85.1 cm³/mol. The molecule has 1 aromatic carbocycles. The number of nitrogens with zero attached hydrogens (tertiary/aromatic N) is 1. The first kappa shape index (κ1) is 15.2. The van der Waals surface area contributed by atoms with Gasteiger partial charge in [-0.15, -0.1) is 11.3 Å². The summed E-state index contributed by atoms with van der Waals surface area (Å²) in [5.74, 6) is 0. The predicted octanol–water partition coefficient (Wildman–Crippen LogP) is 4.58. The lowest BCUT2D eigenvalue weighted by Crippen LogP contribution is -2.18. The highest BCUT2D eigenvalue weighted by atomic mass is 79.9. The highest BCUT2D eigenvalue weighted by molar-refractivity contribution is 9.10. The Balaban J connectivity index is 2.08. The molecular formula is C14H15BrN2O2S. The molecule has 0 aliphatic carbocycles. The lowest BCUT2D eigenvalue weighted by Gasteiger charge is -2.13. The fourth-order valence-corrected chi connectivity index (χ4v) is 3.46. The normalized spacial score (nSPS) is 12.3. The summed E-state index contributed by atoms with van der Waals surface area (Å²) in [5.41, 5.74) is 1.86. The maximum atomic E-state index is 10.9. The molecule has 2 aromatic rings. The monoisotopic (exact) mass is 354 g/mol. The number of halogens is 1. The fourth-order valence-electron chi connectivity index (χ4n) is 1.98. The molecule has 0 amide bonds. The van der Waals surface area contributed by atoms with Crippen molar-refractivity contribution in [3.8, 4) is 0 Å². The molecule has 1 unspecified atom stereocenters. The van der Waals surface area contributed by atoms with Crippen molar-refractivity contribution >= 4 is 33.0 Å². The molecular weight excluding hydrogens is 340 g/mol. The van der Waals surface area contributed by atoms with Crippen molar-refractivity contribution in [2.24, 2.45) is 0 Å². The SMILES string of the molecule is Cc1c(CNC(C)c2cc(Br)cs2)cccc1[N+](=O)[O-]. The third-order valence-electron chi connectivity index (χ3n) is 3.23. The molecule has 20 heavy (non-hydrogen) atoms. The van der Waals surface area contributed by atoms with Gasteiger partial charge in [-0.2, -0.15) is 0 Å². The molecule has 1 N–H and O–H groups in total. The third kappa shape index (κ3) is 3.45. The van der Waals surface area contributed by atoms with Crippen LogP contribution in [0.15, 0.2) is 34.1 Å². The second kappa shape index (κ2) is 6.47. The smallest absolute Gasteiger partial charge is 0.272 e. The van der Waals surface area contributed by atoms with Crippen molar-refractivity contribution in [3.05, 3.63) is 60.2 Å². The number of rotatable bonds is 5. The van der Waals surface area contributed by atoms with Crippen LogP contribution in [0.4, 0.5) is 5.69 Å². The van der Waals surface area contributed by atoms with Gasteiger partial charge in [-0.25, -0.2) is 0 Å². The zero-order valence-corrected chi connectivity index (χ0v) is 13.6. The first-order valence-corrected chi connectivity index (χ1v) is 7.86. The highest BCUT2D eigenvalue weighted by Crippen LogP contribution is 2.26. The second-order valence-electron chi connectivity index (χ2n) is 4.59. The molecule has 2 rings (SSSR count). The van der Waals surface area contributed by atoms with Crippen LogP contribution in [0.5, 0.6) is 0 Å². The van der Waals surface area contributed by atoms with E-state index in [1.54, 1.807) is 30.4 Å². The molecule has 1 heterocycles. The van der Waals surface area contributed by atoms with Gasteiger partial charge in [0.2, 0.25) is 0 Å². The van der Waals surface area contributed by atoms with Gasteiger partial charge in [-0.3, -0.25) is 10.1 Å². The Hall–Kier alpha value is -1.24. The molecule has 6 heteroatoms. The van der Waals surface area contributed by atoms with E-state index in [1.807, 2.05) is 11.4 Å². The van der Waals surface area contributed by atoms with Crippen molar-refractivity contribution in [1.29, 1.82) is 0 Å². The van der Waals surface area contributed by atoms with Crippen molar-refractivity contribution in [2.75, 3.05) is 0 Å². The molecule has 0 spiro atoms. The van der Waals surface area contributed by atoms with Crippen LogP contribution in [0.25, 0.3) is 0 Å². The molecule has 106 valence electrons. The number of thiophene rings is 1. The standard InChI is InChI=1S/C14H15BrN2O2S/c1-9-11(4-3-5-13(9)17(18)19)7-16-10(2)14-6-12(15)8-20-14/h3-6,8,10,16H,7H2,1-2H3. The van der Waals surface area contributed by atoms with Crippen molar-refractivity contribution in [1.82, 2.24) is 5.32 Å². The van der Waals surface area contributed by atoms with Gasteiger partial charge >= 0.3 is 0 Å². The number of hydrogen-bond donors (Lipinski definition) is 1. The van der Waals surface area contributed by atoms with E-state index in [9.17, 15) is 10.1 Å². The summed E-state index contributed by atoms with van der Waals surface area (Å²) in [6.45, 7) is 4.50. The van der Waals surface area contributed by atoms with Gasteiger partial charge in [-0.05, 0) is 41.4 Å². The molecule has 0 aliphatic heterocycles. The highest BCUT2D eigenvalue weighted by Gasteiger charge is 2.14. The summed E-state index contributed by atoms with van der Waals surface area (Å²) in [5, 5.41) is 16.4. The molecule has 0 radical (unpaired) electrons. The molecule has 1 aromatic heterocycles. The van der Waals surface area contributed by atoms with Gasteiger partial charge in [0.05, 0.1) is 4.92 Å². The van der Waals surface area contributed by atoms with Crippen molar-refractivity contribution in [3.63, 3.8) is 0 Å². The Labute approximate surface area is 130 Å². The zero-order chi connectivity index (χ0) is 14.7. The third-order valence-corrected chi connectivity index (χ3v) is 5.10. The van der Waals surface area contributed by atoms with Crippen LogP contribution in [-0.2, 0) is 6.54 Å². The minimum atomic E-state index is -0.335. The molecule has 0 fully saturated rings. The first-order chi connectivity index (χ1) is 9.49. The summed E-state index contributed by atoms with van der Waals surface area (Å²) < 4.78 is 1.08. The van der Waals surface area contributed by atoms with Crippen molar-refractivity contribution < 1.29 is 4.92 Å². The summed E-state index contributed by atoms with van der Waals surface area (Å²) in [7, 11) is 0. The topological polar surface area (TPSA) is 55.2 Å². The van der Waals surface area contributed by atoms with Crippen LogP contribution in [0, 0.1) is 17.0 Å². The van der Waals surface area contributed by atoms with Crippen LogP contribution < -0.4 is 5.32 Å². The minimum Gasteiger partial charge on any atom is -0.305 e. The Morgan fingerprint density at radius 1 is 1.50 bits per heavy atom. The maximum Gasteiger partial charge on any atom is 0.272 e. The number of hydrogen-bond acceptors (Lipinski definition) is 4. The maximum absolute atomic E-state index is 10.9. The van der Waals surface area contributed by atoms with Gasteiger partial charge in [0.15, 0.2) is 0 Å². The Morgan fingerprint density at radius 3 is 2.85 bits per heavy atom. The van der Waals surface area contributed by atoms with Gasteiger partial charge in [0, 0.05) is 38.9 Å². The van der Waals surface area contributed by atoms with Crippen LogP contribution in [0.2, 0.25) is 0 Å². The first-order valence-electron chi connectivity index (χ1n) is 6.19. The average molecular weight is 355 g/mol.